The molecule has 0 aromatic heterocycles. The van der Waals surface area contributed by atoms with Gasteiger partial charge < -0.3 is 14.4 Å². The molecule has 22 heavy (non-hydrogen) atoms. The van der Waals surface area contributed by atoms with E-state index in [9.17, 15) is 0 Å². The molecule has 0 unspecified atom stereocenters. The lowest BCUT2D eigenvalue weighted by molar-refractivity contribution is 0.110. The van der Waals surface area contributed by atoms with E-state index in [0.29, 0.717) is 0 Å². The van der Waals surface area contributed by atoms with E-state index < -0.39 is 0 Å². The second-order valence-electron chi connectivity index (χ2n) is 6.34. The Labute approximate surface area is 134 Å². The van der Waals surface area contributed by atoms with E-state index in [4.69, 9.17) is 9.47 Å². The van der Waals surface area contributed by atoms with E-state index in [1.807, 2.05) is 0 Å². The van der Waals surface area contributed by atoms with Crippen molar-refractivity contribution in [2.24, 2.45) is 0 Å². The first-order valence-corrected chi connectivity index (χ1v) is 8.80. The topological polar surface area (TPSA) is 21.7 Å². The van der Waals surface area contributed by atoms with Gasteiger partial charge in [0.05, 0.1) is 6.61 Å². The van der Waals surface area contributed by atoms with Crippen molar-refractivity contribution in [3.8, 4) is 5.75 Å². The summed E-state index contributed by atoms with van der Waals surface area (Å²) in [6.07, 6.45) is 7.39. The first kappa shape index (κ1) is 15.8. The molecule has 2 saturated heterocycles. The molecule has 121 valence electrons. The van der Waals surface area contributed by atoms with Gasteiger partial charge in [-0.1, -0.05) is 18.6 Å². The summed E-state index contributed by atoms with van der Waals surface area (Å²) >= 11 is 0. The molecule has 0 amide bonds. The molecule has 0 saturated carbocycles. The molecule has 0 atom stereocenters. The minimum atomic E-state index is 0.820. The monoisotopic (exact) mass is 302 g/mol. The van der Waals surface area contributed by atoms with Gasteiger partial charge in [0, 0.05) is 25.7 Å². The molecule has 3 rings (SSSR count). The summed E-state index contributed by atoms with van der Waals surface area (Å²) in [7, 11) is 0. The number of likely N-dealkylation sites (tertiary alicyclic amines) is 1. The van der Waals surface area contributed by atoms with Crippen LogP contribution in [0, 0.1) is 5.92 Å². The third-order valence-electron chi connectivity index (χ3n) is 4.70. The van der Waals surface area contributed by atoms with Gasteiger partial charge in [0.25, 0.3) is 0 Å². The molecule has 0 N–H and O–H groups in total. The Balaban J connectivity index is 1.37. The summed E-state index contributed by atoms with van der Waals surface area (Å²) in [5.74, 6) is 2.51. The Kier molecular flexibility index (Phi) is 6.14. The van der Waals surface area contributed by atoms with E-state index in [0.717, 1.165) is 44.8 Å². The molecule has 2 aliphatic heterocycles. The van der Waals surface area contributed by atoms with Crippen LogP contribution in [0.3, 0.4) is 0 Å². The van der Waals surface area contributed by atoms with Crippen LogP contribution in [0.15, 0.2) is 24.3 Å². The molecule has 2 fully saturated rings. The third kappa shape index (κ3) is 4.72. The van der Waals surface area contributed by atoms with Gasteiger partial charge in [0.1, 0.15) is 5.75 Å². The normalized spacial score (nSPS) is 20.9. The Hall–Kier alpha value is -1.06. The lowest BCUT2D eigenvalue weighted by atomic mass is 9.92. The molecule has 0 bridgehead atoms. The van der Waals surface area contributed by atoms with Crippen molar-refractivity contribution >= 4 is 0 Å². The summed E-state index contributed by atoms with van der Waals surface area (Å²) in [6.45, 7) is 6.28. The highest BCUT2D eigenvalue weighted by molar-refractivity contribution is 5.36. The number of rotatable bonds is 6. The Morgan fingerprint density at radius 3 is 2.41 bits per heavy atom. The number of hydrogen-bond acceptors (Lipinski definition) is 3. The molecule has 0 aliphatic carbocycles. The van der Waals surface area contributed by atoms with Crippen LogP contribution >= 0.6 is 0 Å². The molecule has 1 aromatic rings. The maximum atomic E-state index is 5.88. The highest BCUT2D eigenvalue weighted by Crippen LogP contribution is 2.27. The predicted octanol–water partition coefficient (Wildman–Crippen LogP) is 3.67. The summed E-state index contributed by atoms with van der Waals surface area (Å²) in [5, 5.41) is 0. The van der Waals surface area contributed by atoms with Crippen molar-refractivity contribution in [2.45, 2.75) is 38.5 Å². The van der Waals surface area contributed by atoms with E-state index >= 15 is 0 Å². The smallest absolute Gasteiger partial charge is 0.119 e. The minimum Gasteiger partial charge on any atom is -0.494 e. The molecule has 2 heterocycles. The predicted molar refractivity (Wildman–Crippen MR) is 89.2 cm³/mol. The van der Waals surface area contributed by atoms with Crippen LogP contribution in [0.4, 0.5) is 0 Å². The fourth-order valence-corrected chi connectivity index (χ4v) is 3.35. The molecule has 2 aliphatic rings. The van der Waals surface area contributed by atoms with Crippen LogP contribution in [0.5, 0.6) is 5.75 Å². The maximum Gasteiger partial charge on any atom is 0.119 e. The van der Waals surface area contributed by atoms with Crippen molar-refractivity contribution in [1.29, 1.82) is 0 Å². The fourth-order valence-electron chi connectivity index (χ4n) is 3.35. The van der Waals surface area contributed by atoms with Gasteiger partial charge in [-0.2, -0.15) is 0 Å². The van der Waals surface area contributed by atoms with Crippen molar-refractivity contribution in [3.05, 3.63) is 35.7 Å². The fraction of sp³-hybridized carbons (Fsp3) is 0.632. The first-order valence-electron chi connectivity index (χ1n) is 8.80. The first-order chi connectivity index (χ1) is 10.9. The number of benzene rings is 1. The summed E-state index contributed by atoms with van der Waals surface area (Å²) < 4.78 is 11.3. The maximum absolute atomic E-state index is 5.88. The van der Waals surface area contributed by atoms with Crippen molar-refractivity contribution in [2.75, 3.05) is 39.5 Å². The molecule has 1 radical (unpaired) electrons. The molecular formula is C19H28NO2. The van der Waals surface area contributed by atoms with E-state index in [1.54, 1.807) is 0 Å². The Bertz CT molecular complexity index is 420. The van der Waals surface area contributed by atoms with Crippen molar-refractivity contribution in [1.82, 2.24) is 4.90 Å². The second-order valence-corrected chi connectivity index (χ2v) is 6.34. The van der Waals surface area contributed by atoms with Crippen LogP contribution < -0.4 is 4.74 Å². The number of ether oxygens (including phenoxy) is 2. The van der Waals surface area contributed by atoms with Crippen molar-refractivity contribution < 1.29 is 9.47 Å². The average Bonchev–Trinajstić information content (AvgIpc) is 2.61. The third-order valence-corrected chi connectivity index (χ3v) is 4.70. The van der Waals surface area contributed by atoms with Gasteiger partial charge in [-0.05, 0) is 62.9 Å². The van der Waals surface area contributed by atoms with E-state index in [2.05, 4.69) is 29.2 Å². The summed E-state index contributed by atoms with van der Waals surface area (Å²) in [5.41, 5.74) is 1.35. The van der Waals surface area contributed by atoms with E-state index in [-0.39, 0.29) is 0 Å². The average molecular weight is 302 g/mol. The Morgan fingerprint density at radius 2 is 1.68 bits per heavy atom. The van der Waals surface area contributed by atoms with Gasteiger partial charge in [-0.15, -0.1) is 0 Å². The largest absolute Gasteiger partial charge is 0.494 e. The van der Waals surface area contributed by atoms with Gasteiger partial charge in [0.15, 0.2) is 0 Å². The zero-order valence-corrected chi connectivity index (χ0v) is 13.6. The van der Waals surface area contributed by atoms with E-state index in [1.165, 1.54) is 50.4 Å². The van der Waals surface area contributed by atoms with Crippen molar-refractivity contribution in [3.63, 3.8) is 0 Å². The summed E-state index contributed by atoms with van der Waals surface area (Å²) in [4.78, 5) is 2.57. The van der Waals surface area contributed by atoms with Gasteiger partial charge >= 0.3 is 0 Å². The van der Waals surface area contributed by atoms with Crippen LogP contribution in [0.2, 0.25) is 0 Å². The van der Waals surface area contributed by atoms with Gasteiger partial charge in [-0.25, -0.2) is 0 Å². The number of piperidine rings is 1. The minimum absolute atomic E-state index is 0.820. The quantitative estimate of drug-likeness (QED) is 0.748. The van der Waals surface area contributed by atoms with Crippen LogP contribution in [0.1, 0.15) is 44.1 Å². The zero-order chi connectivity index (χ0) is 15.0. The molecule has 1 aromatic carbocycles. The lowest BCUT2D eigenvalue weighted by Crippen LogP contribution is -2.31. The zero-order valence-electron chi connectivity index (χ0n) is 13.6. The molecular weight excluding hydrogens is 274 g/mol. The van der Waals surface area contributed by atoms with Crippen LogP contribution in [-0.2, 0) is 4.74 Å². The summed E-state index contributed by atoms with van der Waals surface area (Å²) in [6, 6.07) is 8.61. The van der Waals surface area contributed by atoms with Crippen LogP contribution in [0.25, 0.3) is 0 Å². The van der Waals surface area contributed by atoms with Gasteiger partial charge in [0.2, 0.25) is 0 Å². The van der Waals surface area contributed by atoms with Crippen LogP contribution in [-0.4, -0.2) is 44.4 Å². The molecule has 0 spiro atoms. The number of hydrogen-bond donors (Lipinski definition) is 0. The highest BCUT2D eigenvalue weighted by atomic mass is 16.5. The lowest BCUT2D eigenvalue weighted by Gasteiger charge is -2.26. The molecule has 3 heteroatoms. The second kappa shape index (κ2) is 8.54. The Morgan fingerprint density at radius 1 is 0.955 bits per heavy atom. The standard InChI is InChI=1S/C19H28NO2/c1-2-11-20(12-3-1)13-4-14-22-19-7-5-17(6-8-19)18-9-15-21-16-10-18/h5-8H,1-4,9-16H2. The molecule has 3 nitrogen and oxygen atoms in total. The number of nitrogens with zero attached hydrogens (tertiary/aromatic N) is 1. The SMILES string of the molecule is c1cc([C]2CCOCC2)ccc1OCCCN1CCCCC1. The highest BCUT2D eigenvalue weighted by Gasteiger charge is 2.16. The van der Waals surface area contributed by atoms with Gasteiger partial charge in [-0.3, -0.25) is 0 Å².